The third-order valence-electron chi connectivity index (χ3n) is 4.59. The van der Waals surface area contributed by atoms with E-state index < -0.39 is 0 Å². The van der Waals surface area contributed by atoms with Gasteiger partial charge in [0.05, 0.1) is 23.9 Å². The first-order valence-electron chi connectivity index (χ1n) is 9.23. The summed E-state index contributed by atoms with van der Waals surface area (Å²) in [6, 6.07) is 16.6. The molecule has 3 rings (SSSR count). The van der Waals surface area contributed by atoms with Gasteiger partial charge in [0.2, 0.25) is 5.91 Å². The number of hydrogen-bond donors (Lipinski definition) is 3. The molecule has 1 heterocycles. The molecule has 1 aliphatic heterocycles. The number of aliphatic hydroxyl groups is 1. The number of aliphatic hydroxyl groups excluding tert-OH is 1. The Balaban J connectivity index is 1.59. The minimum atomic E-state index is -0.373. The number of nitrogens with one attached hydrogen (secondary N) is 2. The quantitative estimate of drug-likeness (QED) is 0.730. The highest BCUT2D eigenvalue weighted by Crippen LogP contribution is 2.16. The monoisotopic (exact) mass is 367 g/mol. The molecule has 3 N–H and O–H groups in total. The lowest BCUT2D eigenvalue weighted by Crippen LogP contribution is -2.42. The maximum atomic E-state index is 12.5. The highest BCUT2D eigenvalue weighted by atomic mass is 16.3. The highest BCUT2D eigenvalue weighted by Gasteiger charge is 2.20. The van der Waals surface area contributed by atoms with Gasteiger partial charge in [0.25, 0.3) is 5.91 Å². The van der Waals surface area contributed by atoms with E-state index in [1.807, 2.05) is 35.2 Å². The first-order chi connectivity index (χ1) is 13.1. The number of likely N-dealkylation sites (tertiary alicyclic amines) is 1. The van der Waals surface area contributed by atoms with Crippen molar-refractivity contribution >= 4 is 17.5 Å². The molecular weight excluding hydrogens is 342 g/mol. The van der Waals surface area contributed by atoms with Crippen LogP contribution in [0.25, 0.3) is 0 Å². The number of amides is 2. The Labute approximate surface area is 159 Å². The Morgan fingerprint density at radius 3 is 2.59 bits per heavy atom. The molecule has 27 heavy (non-hydrogen) atoms. The third-order valence-corrected chi connectivity index (χ3v) is 4.59. The van der Waals surface area contributed by atoms with E-state index in [0.29, 0.717) is 24.3 Å². The van der Waals surface area contributed by atoms with Gasteiger partial charge in [0.15, 0.2) is 0 Å². The second kappa shape index (κ2) is 9.30. The second-order valence-corrected chi connectivity index (χ2v) is 6.79. The smallest absolute Gasteiger partial charge is 0.253 e. The van der Waals surface area contributed by atoms with Crippen LogP contribution in [0.1, 0.15) is 28.8 Å². The Morgan fingerprint density at radius 1 is 1.07 bits per heavy atom. The largest absolute Gasteiger partial charge is 0.392 e. The van der Waals surface area contributed by atoms with Crippen LogP contribution in [0.15, 0.2) is 54.6 Å². The zero-order valence-corrected chi connectivity index (χ0v) is 15.2. The predicted octanol–water partition coefficient (Wildman–Crippen LogP) is 2.01. The van der Waals surface area contributed by atoms with Crippen molar-refractivity contribution in [2.45, 2.75) is 25.5 Å². The first-order valence-corrected chi connectivity index (χ1v) is 9.23. The van der Waals surface area contributed by atoms with Crippen LogP contribution in [0.3, 0.4) is 0 Å². The molecule has 0 bridgehead atoms. The molecule has 0 radical (unpaired) electrons. The molecule has 0 saturated carbocycles. The third kappa shape index (κ3) is 5.64. The summed E-state index contributed by atoms with van der Waals surface area (Å²) in [6.45, 7) is 1.93. The lowest BCUT2D eigenvalue weighted by atomic mass is 10.1. The molecule has 142 valence electrons. The minimum absolute atomic E-state index is 0.188. The van der Waals surface area contributed by atoms with E-state index >= 15 is 0 Å². The standard InChI is InChI=1S/C21H25N3O3/c25-17-9-6-12-24(14-17)15-20(26)23-19-11-5-4-10-18(19)21(27)22-13-16-7-2-1-3-8-16/h1-5,7-8,10-11,17,25H,6,9,12-15H2,(H,22,27)(H,23,26). The molecule has 2 aromatic carbocycles. The van der Waals surface area contributed by atoms with E-state index in [0.717, 1.165) is 24.9 Å². The fourth-order valence-electron chi connectivity index (χ4n) is 3.23. The van der Waals surface area contributed by atoms with Gasteiger partial charge < -0.3 is 15.7 Å². The zero-order chi connectivity index (χ0) is 19.1. The Bertz CT molecular complexity index is 779. The van der Waals surface area contributed by atoms with E-state index in [9.17, 15) is 14.7 Å². The normalized spacial score (nSPS) is 17.3. The number of benzene rings is 2. The molecule has 1 saturated heterocycles. The molecule has 6 heteroatoms. The van der Waals surface area contributed by atoms with Crippen LogP contribution in [0, 0.1) is 0 Å². The summed E-state index contributed by atoms with van der Waals surface area (Å²) in [5.74, 6) is -0.421. The predicted molar refractivity (Wildman–Crippen MR) is 104 cm³/mol. The molecule has 2 aromatic rings. The van der Waals surface area contributed by atoms with Gasteiger partial charge in [-0.3, -0.25) is 14.5 Å². The topological polar surface area (TPSA) is 81.7 Å². The number of nitrogens with zero attached hydrogens (tertiary/aromatic N) is 1. The number of rotatable bonds is 6. The molecule has 1 aliphatic rings. The van der Waals surface area contributed by atoms with Gasteiger partial charge in [-0.1, -0.05) is 42.5 Å². The second-order valence-electron chi connectivity index (χ2n) is 6.79. The minimum Gasteiger partial charge on any atom is -0.392 e. The summed E-state index contributed by atoms with van der Waals surface area (Å²) in [5.41, 5.74) is 1.93. The Morgan fingerprint density at radius 2 is 1.81 bits per heavy atom. The SMILES string of the molecule is O=C(CN1CCCC(O)C1)Nc1ccccc1C(=O)NCc1ccccc1. The van der Waals surface area contributed by atoms with Gasteiger partial charge in [-0.05, 0) is 37.1 Å². The molecule has 1 unspecified atom stereocenters. The summed E-state index contributed by atoms with van der Waals surface area (Å²) < 4.78 is 0. The fraction of sp³-hybridized carbons (Fsp3) is 0.333. The van der Waals surface area contributed by atoms with Gasteiger partial charge in [-0.25, -0.2) is 0 Å². The number of piperidine rings is 1. The van der Waals surface area contributed by atoms with Crippen molar-refractivity contribution in [2.24, 2.45) is 0 Å². The maximum Gasteiger partial charge on any atom is 0.253 e. The zero-order valence-electron chi connectivity index (χ0n) is 15.2. The lowest BCUT2D eigenvalue weighted by Gasteiger charge is -2.29. The van der Waals surface area contributed by atoms with Crippen LogP contribution in [0.2, 0.25) is 0 Å². The van der Waals surface area contributed by atoms with E-state index in [1.165, 1.54) is 0 Å². The van der Waals surface area contributed by atoms with E-state index in [4.69, 9.17) is 0 Å². The highest BCUT2D eigenvalue weighted by molar-refractivity contribution is 6.04. The lowest BCUT2D eigenvalue weighted by molar-refractivity contribution is -0.118. The Kier molecular flexibility index (Phi) is 6.57. The van der Waals surface area contributed by atoms with Crippen LogP contribution in [-0.2, 0) is 11.3 Å². The number of carbonyl (C=O) groups is 2. The van der Waals surface area contributed by atoms with Gasteiger partial charge in [-0.2, -0.15) is 0 Å². The summed E-state index contributed by atoms with van der Waals surface area (Å²) in [5, 5.41) is 15.4. The van der Waals surface area contributed by atoms with Crippen LogP contribution >= 0.6 is 0 Å². The van der Waals surface area contributed by atoms with E-state index in [2.05, 4.69) is 10.6 Å². The van der Waals surface area contributed by atoms with Crippen molar-refractivity contribution in [1.82, 2.24) is 10.2 Å². The van der Waals surface area contributed by atoms with Crippen LogP contribution < -0.4 is 10.6 Å². The fourth-order valence-corrected chi connectivity index (χ4v) is 3.23. The maximum absolute atomic E-state index is 12.5. The molecule has 6 nitrogen and oxygen atoms in total. The van der Waals surface area contributed by atoms with Gasteiger partial charge in [0.1, 0.15) is 0 Å². The molecule has 0 aromatic heterocycles. The average Bonchev–Trinajstić information content (AvgIpc) is 2.67. The molecule has 0 spiro atoms. The van der Waals surface area contributed by atoms with Crippen LogP contribution in [0.5, 0.6) is 0 Å². The van der Waals surface area contributed by atoms with Crippen molar-refractivity contribution < 1.29 is 14.7 Å². The molecule has 2 amide bonds. The van der Waals surface area contributed by atoms with Crippen molar-refractivity contribution in [1.29, 1.82) is 0 Å². The van der Waals surface area contributed by atoms with Crippen molar-refractivity contribution in [3.8, 4) is 0 Å². The van der Waals surface area contributed by atoms with Gasteiger partial charge in [-0.15, -0.1) is 0 Å². The van der Waals surface area contributed by atoms with Crippen molar-refractivity contribution in [3.05, 3.63) is 65.7 Å². The summed E-state index contributed by atoms with van der Waals surface area (Å²) in [4.78, 5) is 26.9. The number of para-hydroxylation sites is 1. The summed E-state index contributed by atoms with van der Waals surface area (Å²) in [7, 11) is 0. The number of β-amino-alcohol motifs (C(OH)–C–C–N with tert-alkyl or cyclic N) is 1. The van der Waals surface area contributed by atoms with Crippen molar-refractivity contribution in [2.75, 3.05) is 25.0 Å². The van der Waals surface area contributed by atoms with Crippen molar-refractivity contribution in [3.63, 3.8) is 0 Å². The molecule has 0 aliphatic carbocycles. The van der Waals surface area contributed by atoms with E-state index in [1.54, 1.807) is 24.3 Å². The van der Waals surface area contributed by atoms with Crippen LogP contribution in [-0.4, -0.2) is 47.6 Å². The average molecular weight is 367 g/mol. The molecule has 1 atom stereocenters. The molecular formula is C21H25N3O3. The summed E-state index contributed by atoms with van der Waals surface area (Å²) >= 11 is 0. The number of hydrogen-bond acceptors (Lipinski definition) is 4. The Hall–Kier alpha value is -2.70. The van der Waals surface area contributed by atoms with Gasteiger partial charge in [0, 0.05) is 13.1 Å². The number of carbonyl (C=O) groups excluding carboxylic acids is 2. The summed E-state index contributed by atoms with van der Waals surface area (Å²) in [6.07, 6.45) is 1.29. The van der Waals surface area contributed by atoms with E-state index in [-0.39, 0.29) is 24.5 Å². The van der Waals surface area contributed by atoms with Crippen LogP contribution in [0.4, 0.5) is 5.69 Å². The van der Waals surface area contributed by atoms with Gasteiger partial charge >= 0.3 is 0 Å². The molecule has 1 fully saturated rings. The number of anilines is 1. The first kappa shape index (κ1) is 19.1.